The van der Waals surface area contributed by atoms with E-state index in [1.54, 1.807) is 4.90 Å². The Kier molecular flexibility index (Phi) is 7.56. The Bertz CT molecular complexity index is 610. The molecule has 1 aromatic carbocycles. The van der Waals surface area contributed by atoms with E-state index in [4.69, 9.17) is 9.73 Å². The van der Waals surface area contributed by atoms with Crippen molar-refractivity contribution in [3.05, 3.63) is 29.8 Å². The predicted molar refractivity (Wildman–Crippen MR) is 106 cm³/mol. The van der Waals surface area contributed by atoms with Crippen LogP contribution in [0.5, 0.6) is 0 Å². The maximum absolute atomic E-state index is 11.8. The average Bonchev–Trinajstić information content (AvgIpc) is 2.65. The van der Waals surface area contributed by atoms with Crippen LogP contribution in [0.4, 0.5) is 10.5 Å². The fraction of sp³-hybridized carbons (Fsp3) is 0.579. The summed E-state index contributed by atoms with van der Waals surface area (Å²) in [6, 6.07) is 8.41. The van der Waals surface area contributed by atoms with Gasteiger partial charge < -0.3 is 24.8 Å². The normalized spacial score (nSPS) is 15.0. The van der Waals surface area contributed by atoms with E-state index in [-0.39, 0.29) is 6.09 Å². The Hall–Kier alpha value is -2.44. The van der Waals surface area contributed by atoms with Gasteiger partial charge in [-0.15, -0.1) is 0 Å². The van der Waals surface area contributed by atoms with Gasteiger partial charge in [0.05, 0.1) is 13.2 Å². The van der Waals surface area contributed by atoms with E-state index >= 15 is 0 Å². The molecule has 7 heteroatoms. The van der Waals surface area contributed by atoms with Crippen molar-refractivity contribution in [3.8, 4) is 0 Å². The van der Waals surface area contributed by atoms with Crippen LogP contribution < -0.4 is 10.2 Å². The number of amides is 1. The number of guanidine groups is 1. The second-order valence-corrected chi connectivity index (χ2v) is 6.41. The molecule has 1 amide bonds. The molecule has 0 saturated carbocycles. The van der Waals surface area contributed by atoms with Crippen LogP contribution in [0, 0.1) is 0 Å². The van der Waals surface area contributed by atoms with Gasteiger partial charge in [0.25, 0.3) is 0 Å². The maximum Gasteiger partial charge on any atom is 0.409 e. The van der Waals surface area contributed by atoms with Crippen LogP contribution in [-0.4, -0.2) is 75.3 Å². The van der Waals surface area contributed by atoms with E-state index in [0.717, 1.165) is 25.6 Å². The molecule has 1 heterocycles. The molecule has 1 N–H and O–H groups in total. The summed E-state index contributed by atoms with van der Waals surface area (Å²) in [6.07, 6.45) is -0.227. The minimum atomic E-state index is -0.227. The van der Waals surface area contributed by atoms with Gasteiger partial charge in [-0.2, -0.15) is 0 Å². The average molecular weight is 361 g/mol. The summed E-state index contributed by atoms with van der Waals surface area (Å²) >= 11 is 0. The summed E-state index contributed by atoms with van der Waals surface area (Å²) in [7, 11) is 4.07. The van der Waals surface area contributed by atoms with Gasteiger partial charge in [-0.3, -0.25) is 0 Å². The van der Waals surface area contributed by atoms with Crippen LogP contribution in [0.15, 0.2) is 29.3 Å². The minimum absolute atomic E-state index is 0.227. The van der Waals surface area contributed by atoms with Crippen LogP contribution in [0.3, 0.4) is 0 Å². The molecule has 1 saturated heterocycles. The number of carbonyl (C=O) groups excluding carboxylic acids is 1. The number of carbonyl (C=O) groups is 1. The molecule has 0 bridgehead atoms. The van der Waals surface area contributed by atoms with Crippen molar-refractivity contribution in [2.45, 2.75) is 20.4 Å². The summed E-state index contributed by atoms with van der Waals surface area (Å²) in [6.45, 7) is 8.56. The summed E-state index contributed by atoms with van der Waals surface area (Å²) in [5.74, 6) is 0.895. The van der Waals surface area contributed by atoms with E-state index in [1.807, 2.05) is 21.0 Å². The summed E-state index contributed by atoms with van der Waals surface area (Å²) in [5, 5.41) is 3.36. The Morgan fingerprint density at radius 3 is 2.50 bits per heavy atom. The maximum atomic E-state index is 11.8. The molecule has 1 aromatic rings. The topological polar surface area (TPSA) is 60.4 Å². The number of aliphatic imine (C=N–C) groups is 1. The first-order valence-electron chi connectivity index (χ1n) is 9.26. The van der Waals surface area contributed by atoms with Crippen LogP contribution in [0.25, 0.3) is 0 Å². The Morgan fingerprint density at radius 1 is 1.19 bits per heavy atom. The lowest BCUT2D eigenvalue weighted by Crippen LogP contribution is -2.53. The number of benzene rings is 1. The highest BCUT2D eigenvalue weighted by Crippen LogP contribution is 2.14. The number of nitrogens with one attached hydrogen (secondary N) is 1. The molecule has 0 atom stereocenters. The van der Waals surface area contributed by atoms with E-state index in [2.05, 4.69) is 46.3 Å². The summed E-state index contributed by atoms with van der Waals surface area (Å²) in [4.78, 5) is 22.7. The van der Waals surface area contributed by atoms with Gasteiger partial charge in [-0.25, -0.2) is 9.79 Å². The number of hydrogen-bond donors (Lipinski definition) is 1. The highest BCUT2D eigenvalue weighted by Gasteiger charge is 2.23. The first-order valence-corrected chi connectivity index (χ1v) is 9.26. The lowest BCUT2D eigenvalue weighted by molar-refractivity contribution is 0.0914. The van der Waals surface area contributed by atoms with Crippen molar-refractivity contribution in [3.63, 3.8) is 0 Å². The molecule has 7 nitrogen and oxygen atoms in total. The zero-order valence-electron chi connectivity index (χ0n) is 16.4. The quantitative estimate of drug-likeness (QED) is 0.642. The van der Waals surface area contributed by atoms with E-state index < -0.39 is 0 Å². The SMILES string of the molecule is CCNC(=NCc1cccc(N(C)C)c1)N1CCN(C(=O)OCC)CC1. The van der Waals surface area contributed by atoms with Gasteiger partial charge >= 0.3 is 6.09 Å². The zero-order valence-corrected chi connectivity index (χ0v) is 16.4. The van der Waals surface area contributed by atoms with Crippen LogP contribution in [0.1, 0.15) is 19.4 Å². The van der Waals surface area contributed by atoms with Crippen molar-refractivity contribution in [2.75, 3.05) is 58.3 Å². The van der Waals surface area contributed by atoms with Crippen molar-refractivity contribution in [1.29, 1.82) is 0 Å². The largest absolute Gasteiger partial charge is 0.450 e. The number of ether oxygens (including phenoxy) is 1. The molecule has 0 radical (unpaired) electrons. The molecule has 26 heavy (non-hydrogen) atoms. The first-order chi connectivity index (χ1) is 12.5. The third-order valence-electron chi connectivity index (χ3n) is 4.28. The fourth-order valence-corrected chi connectivity index (χ4v) is 2.84. The monoisotopic (exact) mass is 361 g/mol. The van der Waals surface area contributed by atoms with Crippen LogP contribution >= 0.6 is 0 Å². The summed E-state index contributed by atoms with van der Waals surface area (Å²) < 4.78 is 5.08. The van der Waals surface area contributed by atoms with Crippen molar-refractivity contribution in [2.24, 2.45) is 4.99 Å². The Morgan fingerprint density at radius 2 is 1.88 bits per heavy atom. The summed E-state index contributed by atoms with van der Waals surface area (Å²) in [5.41, 5.74) is 2.35. The fourth-order valence-electron chi connectivity index (χ4n) is 2.84. The molecule has 0 aliphatic carbocycles. The van der Waals surface area contributed by atoms with Gasteiger partial charge in [0.2, 0.25) is 0 Å². The standard InChI is InChI=1S/C19H31N5O2/c1-5-20-18(21-15-16-8-7-9-17(14-16)22(3)4)23-10-12-24(13-11-23)19(25)26-6-2/h7-9,14H,5-6,10-13,15H2,1-4H3,(H,20,21). The lowest BCUT2D eigenvalue weighted by atomic mass is 10.2. The number of piperazine rings is 1. The molecule has 1 aliphatic rings. The smallest absolute Gasteiger partial charge is 0.409 e. The predicted octanol–water partition coefficient (Wildman–Crippen LogP) is 1.99. The third-order valence-corrected chi connectivity index (χ3v) is 4.28. The molecule has 144 valence electrons. The second kappa shape index (κ2) is 9.89. The molecule has 2 rings (SSSR count). The minimum Gasteiger partial charge on any atom is -0.450 e. The van der Waals surface area contributed by atoms with Gasteiger partial charge in [0.15, 0.2) is 5.96 Å². The van der Waals surface area contributed by atoms with Crippen LogP contribution in [-0.2, 0) is 11.3 Å². The first kappa shape index (κ1) is 19.9. The van der Waals surface area contributed by atoms with Gasteiger partial charge in [-0.05, 0) is 31.5 Å². The van der Waals surface area contributed by atoms with E-state index in [1.165, 1.54) is 11.3 Å². The van der Waals surface area contributed by atoms with Crippen molar-refractivity contribution < 1.29 is 9.53 Å². The number of hydrogen-bond acceptors (Lipinski definition) is 4. The molecule has 0 aromatic heterocycles. The van der Waals surface area contributed by atoms with E-state index in [9.17, 15) is 4.79 Å². The van der Waals surface area contributed by atoms with Gasteiger partial charge in [0, 0.05) is 52.5 Å². The van der Waals surface area contributed by atoms with E-state index in [0.29, 0.717) is 26.2 Å². The third kappa shape index (κ3) is 5.54. The molecule has 1 aliphatic heterocycles. The highest BCUT2D eigenvalue weighted by atomic mass is 16.6. The zero-order chi connectivity index (χ0) is 18.9. The Labute approximate surface area is 156 Å². The van der Waals surface area contributed by atoms with Crippen LogP contribution in [0.2, 0.25) is 0 Å². The molecular formula is C19H31N5O2. The molecule has 0 unspecified atom stereocenters. The molecule has 1 fully saturated rings. The van der Waals surface area contributed by atoms with Gasteiger partial charge in [0.1, 0.15) is 0 Å². The number of anilines is 1. The molecule has 0 spiro atoms. The second-order valence-electron chi connectivity index (χ2n) is 6.41. The van der Waals surface area contributed by atoms with Crippen molar-refractivity contribution in [1.82, 2.24) is 15.1 Å². The Balaban J connectivity index is 1.99. The van der Waals surface area contributed by atoms with Crippen molar-refractivity contribution >= 4 is 17.7 Å². The molecular weight excluding hydrogens is 330 g/mol. The number of rotatable bonds is 5. The number of nitrogens with zero attached hydrogens (tertiary/aromatic N) is 4. The lowest BCUT2D eigenvalue weighted by Gasteiger charge is -2.35. The van der Waals surface area contributed by atoms with Gasteiger partial charge in [-0.1, -0.05) is 12.1 Å². The highest BCUT2D eigenvalue weighted by molar-refractivity contribution is 5.80.